The summed E-state index contributed by atoms with van der Waals surface area (Å²) in [4.78, 5) is 24.1. The molecule has 1 aromatic heterocycles. The van der Waals surface area contributed by atoms with Crippen molar-refractivity contribution in [1.29, 1.82) is 0 Å². The number of allylic oxidation sites excluding steroid dienone is 1. The van der Waals surface area contributed by atoms with Gasteiger partial charge in [-0.25, -0.2) is 17.6 Å². The molecule has 2 aromatic rings. The SMILES string of the molecule is O=C(O)C(O)=CC(=O)c1cc(S(=O)(=O)c2ccc(F)cc2)c[nH]1. The number of aliphatic hydroxyl groups excluding tert-OH is 1. The van der Waals surface area contributed by atoms with Crippen LogP contribution in [0.2, 0.25) is 0 Å². The summed E-state index contributed by atoms with van der Waals surface area (Å²) in [5, 5.41) is 17.5. The third kappa shape index (κ3) is 3.46. The number of carboxylic acid groups (broad SMARTS) is 1. The molecule has 0 radical (unpaired) electrons. The number of benzene rings is 1. The first-order valence-electron chi connectivity index (χ1n) is 6.09. The third-order valence-corrected chi connectivity index (χ3v) is 4.59. The molecule has 120 valence electrons. The number of ketones is 1. The topological polar surface area (TPSA) is 125 Å². The Hall–Kier alpha value is -2.94. The Kier molecular flexibility index (Phi) is 4.32. The molecule has 0 aliphatic rings. The summed E-state index contributed by atoms with van der Waals surface area (Å²) in [6.45, 7) is 0. The average Bonchev–Trinajstić information content (AvgIpc) is 2.98. The van der Waals surface area contributed by atoms with Crippen LogP contribution in [0.25, 0.3) is 0 Å². The number of aliphatic carboxylic acids is 1. The number of nitrogens with one attached hydrogen (secondary N) is 1. The molecule has 23 heavy (non-hydrogen) atoms. The van der Waals surface area contributed by atoms with E-state index < -0.39 is 33.2 Å². The van der Waals surface area contributed by atoms with Gasteiger partial charge in [0.2, 0.25) is 21.4 Å². The lowest BCUT2D eigenvalue weighted by Gasteiger charge is -2.01. The number of H-pyrrole nitrogens is 1. The first-order chi connectivity index (χ1) is 10.7. The second kappa shape index (κ2) is 6.05. The van der Waals surface area contributed by atoms with Crippen LogP contribution in [0.5, 0.6) is 0 Å². The van der Waals surface area contributed by atoms with E-state index >= 15 is 0 Å². The fourth-order valence-corrected chi connectivity index (χ4v) is 2.94. The minimum Gasteiger partial charge on any atom is -0.502 e. The van der Waals surface area contributed by atoms with Gasteiger partial charge in [0.25, 0.3) is 0 Å². The van der Waals surface area contributed by atoms with E-state index in [2.05, 4.69) is 4.98 Å². The van der Waals surface area contributed by atoms with Crippen LogP contribution in [0, 0.1) is 5.82 Å². The van der Waals surface area contributed by atoms with Gasteiger partial charge in [-0.3, -0.25) is 4.79 Å². The lowest BCUT2D eigenvalue weighted by Crippen LogP contribution is -2.04. The van der Waals surface area contributed by atoms with E-state index in [1.54, 1.807) is 0 Å². The average molecular weight is 339 g/mol. The van der Waals surface area contributed by atoms with Crippen molar-refractivity contribution in [2.45, 2.75) is 9.79 Å². The molecule has 0 fully saturated rings. The van der Waals surface area contributed by atoms with Crippen LogP contribution in [-0.4, -0.2) is 35.4 Å². The van der Waals surface area contributed by atoms with Crippen LogP contribution in [0.15, 0.2) is 58.2 Å². The van der Waals surface area contributed by atoms with Crippen LogP contribution in [0.4, 0.5) is 4.39 Å². The molecule has 0 atom stereocenters. The Bertz CT molecular complexity index is 896. The highest BCUT2D eigenvalue weighted by Gasteiger charge is 2.21. The molecular formula is C14H10FNO6S. The number of aromatic amines is 1. The minimum atomic E-state index is -3.96. The number of carbonyl (C=O) groups excluding carboxylic acids is 1. The molecule has 0 aliphatic carbocycles. The summed E-state index contributed by atoms with van der Waals surface area (Å²) < 4.78 is 37.4. The lowest BCUT2D eigenvalue weighted by molar-refractivity contribution is -0.135. The molecule has 0 unspecified atom stereocenters. The summed E-state index contributed by atoms with van der Waals surface area (Å²) in [6, 6.07) is 5.12. The van der Waals surface area contributed by atoms with E-state index in [0.717, 1.165) is 36.5 Å². The van der Waals surface area contributed by atoms with Crippen molar-refractivity contribution in [3.63, 3.8) is 0 Å². The number of aromatic nitrogens is 1. The van der Waals surface area contributed by atoms with Crippen molar-refractivity contribution in [2.75, 3.05) is 0 Å². The van der Waals surface area contributed by atoms with Gasteiger partial charge in [-0.1, -0.05) is 0 Å². The smallest absolute Gasteiger partial charge is 0.371 e. The second-order valence-electron chi connectivity index (χ2n) is 4.41. The zero-order valence-electron chi connectivity index (χ0n) is 11.4. The van der Waals surface area contributed by atoms with Crippen LogP contribution >= 0.6 is 0 Å². The Morgan fingerprint density at radius 3 is 2.26 bits per heavy atom. The van der Waals surface area contributed by atoms with E-state index in [-0.39, 0.29) is 15.5 Å². The second-order valence-corrected chi connectivity index (χ2v) is 6.36. The molecule has 9 heteroatoms. The Balaban J connectivity index is 2.35. The molecule has 3 N–H and O–H groups in total. The first kappa shape index (κ1) is 16.4. The normalized spacial score (nSPS) is 12.1. The largest absolute Gasteiger partial charge is 0.502 e. The van der Waals surface area contributed by atoms with Gasteiger partial charge >= 0.3 is 5.97 Å². The van der Waals surface area contributed by atoms with E-state index in [1.807, 2.05) is 0 Å². The van der Waals surface area contributed by atoms with E-state index in [9.17, 15) is 22.4 Å². The molecule has 0 saturated heterocycles. The summed E-state index contributed by atoms with van der Waals surface area (Å²) in [6.07, 6.45) is 1.49. The van der Waals surface area contributed by atoms with Crippen molar-refractivity contribution in [3.05, 3.63) is 59.9 Å². The predicted molar refractivity (Wildman–Crippen MR) is 75.3 cm³/mol. The first-order valence-corrected chi connectivity index (χ1v) is 7.57. The van der Waals surface area contributed by atoms with Gasteiger partial charge in [0.05, 0.1) is 15.5 Å². The highest BCUT2D eigenvalue weighted by molar-refractivity contribution is 7.91. The number of hydrogen-bond donors (Lipinski definition) is 3. The fraction of sp³-hybridized carbons (Fsp3) is 0. The molecule has 0 bridgehead atoms. The number of rotatable bonds is 5. The monoisotopic (exact) mass is 339 g/mol. The van der Waals surface area contributed by atoms with Gasteiger partial charge in [0.1, 0.15) is 5.82 Å². The number of hydrogen-bond acceptors (Lipinski definition) is 5. The molecule has 0 amide bonds. The lowest BCUT2D eigenvalue weighted by atomic mass is 10.2. The summed E-state index contributed by atoms with van der Waals surface area (Å²) in [5.41, 5.74) is -0.224. The van der Waals surface area contributed by atoms with E-state index in [0.29, 0.717) is 6.08 Å². The molecule has 2 rings (SSSR count). The Morgan fingerprint density at radius 2 is 1.70 bits per heavy atom. The number of sulfone groups is 1. The zero-order chi connectivity index (χ0) is 17.2. The molecule has 1 aromatic carbocycles. The Morgan fingerprint density at radius 1 is 1.09 bits per heavy atom. The quantitative estimate of drug-likeness (QED) is 0.329. The fourth-order valence-electron chi connectivity index (χ4n) is 1.69. The van der Waals surface area contributed by atoms with Crippen molar-refractivity contribution in [3.8, 4) is 0 Å². The van der Waals surface area contributed by atoms with Gasteiger partial charge in [0, 0.05) is 12.3 Å². The number of carbonyl (C=O) groups is 2. The highest BCUT2D eigenvalue weighted by Crippen LogP contribution is 2.22. The number of halogens is 1. The summed E-state index contributed by atoms with van der Waals surface area (Å²) >= 11 is 0. The predicted octanol–water partition coefficient (Wildman–Crippen LogP) is 1.70. The van der Waals surface area contributed by atoms with Gasteiger partial charge in [-0.15, -0.1) is 0 Å². The van der Waals surface area contributed by atoms with E-state index in [1.165, 1.54) is 0 Å². The van der Waals surface area contributed by atoms with Crippen LogP contribution in [0.1, 0.15) is 10.5 Å². The van der Waals surface area contributed by atoms with Crippen LogP contribution < -0.4 is 0 Å². The maximum Gasteiger partial charge on any atom is 0.371 e. The molecular weight excluding hydrogens is 329 g/mol. The van der Waals surface area contributed by atoms with E-state index in [4.69, 9.17) is 10.2 Å². The van der Waals surface area contributed by atoms with Gasteiger partial charge < -0.3 is 15.2 Å². The molecule has 1 heterocycles. The Labute approximate surface area is 129 Å². The van der Waals surface area contributed by atoms with Gasteiger partial charge in [-0.2, -0.15) is 0 Å². The standard InChI is InChI=1S/C14H10FNO6S/c15-8-1-3-9(4-2-8)23(21,22)10-5-11(16-7-10)12(17)6-13(18)14(19)20/h1-7,16,18H,(H,19,20). The van der Waals surface area contributed by atoms with Gasteiger partial charge in [-0.05, 0) is 30.3 Å². The maximum absolute atomic E-state index is 12.9. The molecule has 7 nitrogen and oxygen atoms in total. The maximum atomic E-state index is 12.9. The van der Waals surface area contributed by atoms with Gasteiger partial charge in [0.15, 0.2) is 0 Å². The van der Waals surface area contributed by atoms with Crippen LogP contribution in [0.3, 0.4) is 0 Å². The highest BCUT2D eigenvalue weighted by atomic mass is 32.2. The number of carboxylic acids is 1. The van der Waals surface area contributed by atoms with Crippen molar-refractivity contribution in [2.24, 2.45) is 0 Å². The van der Waals surface area contributed by atoms with Crippen molar-refractivity contribution >= 4 is 21.6 Å². The van der Waals surface area contributed by atoms with Crippen molar-refractivity contribution in [1.82, 2.24) is 4.98 Å². The minimum absolute atomic E-state index is 0.166. The number of aliphatic hydroxyl groups is 1. The molecule has 0 spiro atoms. The van der Waals surface area contributed by atoms with Crippen LogP contribution in [-0.2, 0) is 14.6 Å². The third-order valence-electron chi connectivity index (χ3n) is 2.84. The molecule has 0 saturated carbocycles. The van der Waals surface area contributed by atoms with Crippen molar-refractivity contribution < 1.29 is 32.6 Å². The summed E-state index contributed by atoms with van der Waals surface area (Å²) in [5.74, 6) is -4.37. The molecule has 0 aliphatic heterocycles. The zero-order valence-corrected chi connectivity index (χ0v) is 12.2. The summed E-state index contributed by atoms with van der Waals surface area (Å²) in [7, 11) is -3.96.